The van der Waals surface area contributed by atoms with Gasteiger partial charge in [-0.1, -0.05) is 12.5 Å². The minimum Gasteiger partial charge on any atom is -0.493 e. The predicted molar refractivity (Wildman–Crippen MR) is 81.2 cm³/mol. The first kappa shape index (κ1) is 15.9. The number of aliphatic hydroxyl groups excluding tert-OH is 1. The van der Waals surface area contributed by atoms with Gasteiger partial charge < -0.3 is 24.6 Å². The highest BCUT2D eigenvalue weighted by atomic mass is 16.5. The van der Waals surface area contributed by atoms with Crippen molar-refractivity contribution in [2.45, 2.75) is 31.9 Å². The highest BCUT2D eigenvalue weighted by Gasteiger charge is 2.24. The summed E-state index contributed by atoms with van der Waals surface area (Å²) >= 11 is 0. The molecule has 0 bridgehead atoms. The van der Waals surface area contributed by atoms with Crippen LogP contribution in [0.25, 0.3) is 0 Å². The number of hydrogen-bond donors (Lipinski definition) is 2. The summed E-state index contributed by atoms with van der Waals surface area (Å²) in [5.41, 5.74) is 1.02. The van der Waals surface area contributed by atoms with Crippen LogP contribution in [0.4, 0.5) is 0 Å². The van der Waals surface area contributed by atoms with Crippen molar-refractivity contribution in [3.63, 3.8) is 0 Å². The Hall–Kier alpha value is -1.46. The van der Waals surface area contributed by atoms with Gasteiger partial charge in [-0.15, -0.1) is 0 Å². The van der Waals surface area contributed by atoms with E-state index in [0.29, 0.717) is 29.7 Å². The number of ether oxygens (including phenoxy) is 3. The van der Waals surface area contributed by atoms with E-state index in [0.717, 1.165) is 31.4 Å². The normalized spacial score (nSPS) is 21.3. The van der Waals surface area contributed by atoms with Gasteiger partial charge in [0.1, 0.15) is 0 Å². The Morgan fingerprint density at radius 3 is 2.43 bits per heavy atom. The van der Waals surface area contributed by atoms with Gasteiger partial charge in [-0.05, 0) is 24.8 Å². The van der Waals surface area contributed by atoms with Gasteiger partial charge in [0, 0.05) is 18.7 Å². The number of rotatable bonds is 7. The lowest BCUT2D eigenvalue weighted by molar-refractivity contribution is 0.131. The van der Waals surface area contributed by atoms with Gasteiger partial charge in [-0.2, -0.15) is 0 Å². The molecule has 2 rings (SSSR count). The third-order valence-electron chi connectivity index (χ3n) is 4.13. The summed E-state index contributed by atoms with van der Waals surface area (Å²) < 4.78 is 16.1. The Bertz CT molecular complexity index is 464. The number of nitrogens with one attached hydrogen (secondary N) is 1. The third kappa shape index (κ3) is 3.60. The second kappa shape index (κ2) is 7.52. The van der Waals surface area contributed by atoms with Crippen LogP contribution in [0.2, 0.25) is 0 Å². The van der Waals surface area contributed by atoms with Crippen molar-refractivity contribution < 1.29 is 19.3 Å². The second-order valence-corrected chi connectivity index (χ2v) is 5.38. The van der Waals surface area contributed by atoms with Crippen LogP contribution in [-0.4, -0.2) is 39.1 Å². The molecule has 118 valence electrons. The molecule has 5 heteroatoms. The summed E-state index contributed by atoms with van der Waals surface area (Å²) in [5, 5.41) is 13.2. The Kier molecular flexibility index (Phi) is 5.70. The first-order valence-electron chi connectivity index (χ1n) is 7.37. The monoisotopic (exact) mass is 295 g/mol. The fourth-order valence-electron chi connectivity index (χ4n) is 2.95. The first-order valence-corrected chi connectivity index (χ1v) is 7.37. The first-order chi connectivity index (χ1) is 10.2. The molecule has 0 saturated heterocycles. The van der Waals surface area contributed by atoms with Crippen molar-refractivity contribution in [2.75, 3.05) is 27.9 Å². The minimum absolute atomic E-state index is 0.162. The number of benzene rings is 1. The molecule has 0 heterocycles. The molecule has 5 nitrogen and oxygen atoms in total. The smallest absolute Gasteiger partial charge is 0.203 e. The number of methoxy groups -OCH3 is 3. The van der Waals surface area contributed by atoms with Crippen LogP contribution in [0.15, 0.2) is 12.1 Å². The average Bonchev–Trinajstić information content (AvgIpc) is 2.91. The van der Waals surface area contributed by atoms with Crippen LogP contribution >= 0.6 is 0 Å². The molecule has 0 amide bonds. The Morgan fingerprint density at radius 2 is 1.86 bits per heavy atom. The van der Waals surface area contributed by atoms with Crippen LogP contribution in [0.5, 0.6) is 17.2 Å². The van der Waals surface area contributed by atoms with E-state index in [1.54, 1.807) is 21.3 Å². The lowest BCUT2D eigenvalue weighted by Crippen LogP contribution is -2.27. The van der Waals surface area contributed by atoms with Gasteiger partial charge in [0.05, 0.1) is 27.4 Å². The van der Waals surface area contributed by atoms with Crippen LogP contribution in [0, 0.1) is 5.92 Å². The fraction of sp³-hybridized carbons (Fsp3) is 0.625. The second-order valence-electron chi connectivity index (χ2n) is 5.38. The van der Waals surface area contributed by atoms with Crippen LogP contribution in [0.3, 0.4) is 0 Å². The molecule has 0 aromatic heterocycles. The van der Waals surface area contributed by atoms with Crippen molar-refractivity contribution in [2.24, 2.45) is 5.92 Å². The Labute approximate surface area is 126 Å². The van der Waals surface area contributed by atoms with E-state index in [2.05, 4.69) is 5.32 Å². The third-order valence-corrected chi connectivity index (χ3v) is 4.13. The molecule has 0 aliphatic heterocycles. The van der Waals surface area contributed by atoms with Gasteiger partial charge in [0.15, 0.2) is 11.5 Å². The SMILES string of the molecule is COc1ccc(CNCC2CCCC2O)c(OC)c1OC. The molecule has 1 aliphatic rings. The molecule has 2 unspecified atom stereocenters. The lowest BCUT2D eigenvalue weighted by Gasteiger charge is -2.18. The number of aliphatic hydroxyl groups is 1. The Morgan fingerprint density at radius 1 is 1.10 bits per heavy atom. The quantitative estimate of drug-likeness (QED) is 0.805. The summed E-state index contributed by atoms with van der Waals surface area (Å²) in [6, 6.07) is 3.85. The number of hydrogen-bond acceptors (Lipinski definition) is 5. The molecule has 1 aromatic rings. The fourth-order valence-corrected chi connectivity index (χ4v) is 2.95. The zero-order valence-electron chi connectivity index (χ0n) is 13.0. The standard InChI is InChI=1S/C16H25NO4/c1-19-14-8-7-12(15(20-2)16(14)21-3)10-17-9-11-5-4-6-13(11)18/h7-8,11,13,17-18H,4-6,9-10H2,1-3H3. The summed E-state index contributed by atoms with van der Waals surface area (Å²) in [7, 11) is 4.84. The van der Waals surface area contributed by atoms with Crippen LogP contribution in [-0.2, 0) is 6.54 Å². The molecular weight excluding hydrogens is 270 g/mol. The molecule has 0 radical (unpaired) electrons. The van der Waals surface area contributed by atoms with Crippen molar-refractivity contribution in [1.82, 2.24) is 5.32 Å². The molecule has 1 aliphatic carbocycles. The maximum Gasteiger partial charge on any atom is 0.203 e. The molecule has 21 heavy (non-hydrogen) atoms. The van der Waals surface area contributed by atoms with Crippen LogP contribution < -0.4 is 19.5 Å². The van der Waals surface area contributed by atoms with Gasteiger partial charge in [-0.3, -0.25) is 0 Å². The summed E-state index contributed by atoms with van der Waals surface area (Å²) in [4.78, 5) is 0. The molecule has 1 saturated carbocycles. The molecule has 2 atom stereocenters. The van der Waals surface area contributed by atoms with E-state index in [9.17, 15) is 5.11 Å². The summed E-state index contributed by atoms with van der Waals surface area (Å²) in [6.07, 6.45) is 2.97. The van der Waals surface area contributed by atoms with Gasteiger partial charge in [0.2, 0.25) is 5.75 Å². The molecule has 1 fully saturated rings. The lowest BCUT2D eigenvalue weighted by atomic mass is 10.1. The van der Waals surface area contributed by atoms with E-state index in [1.807, 2.05) is 12.1 Å². The average molecular weight is 295 g/mol. The van der Waals surface area contributed by atoms with Gasteiger partial charge in [-0.25, -0.2) is 0 Å². The maximum atomic E-state index is 9.84. The van der Waals surface area contributed by atoms with Gasteiger partial charge in [0.25, 0.3) is 0 Å². The van der Waals surface area contributed by atoms with Gasteiger partial charge >= 0.3 is 0 Å². The molecule has 0 spiro atoms. The topological polar surface area (TPSA) is 60.0 Å². The Balaban J connectivity index is 2.02. The van der Waals surface area contributed by atoms with E-state index in [-0.39, 0.29) is 6.10 Å². The summed E-state index contributed by atoms with van der Waals surface area (Å²) in [6.45, 7) is 1.49. The van der Waals surface area contributed by atoms with Crippen molar-refractivity contribution >= 4 is 0 Å². The zero-order valence-corrected chi connectivity index (χ0v) is 13.0. The van der Waals surface area contributed by atoms with Crippen molar-refractivity contribution in [1.29, 1.82) is 0 Å². The van der Waals surface area contributed by atoms with E-state index in [4.69, 9.17) is 14.2 Å². The molecule has 1 aromatic carbocycles. The van der Waals surface area contributed by atoms with E-state index in [1.165, 1.54) is 0 Å². The molecular formula is C16H25NO4. The molecule has 2 N–H and O–H groups in total. The van der Waals surface area contributed by atoms with E-state index < -0.39 is 0 Å². The predicted octanol–water partition coefficient (Wildman–Crippen LogP) is 1.96. The highest BCUT2D eigenvalue weighted by Crippen LogP contribution is 2.39. The largest absolute Gasteiger partial charge is 0.493 e. The highest BCUT2D eigenvalue weighted by molar-refractivity contribution is 5.55. The van der Waals surface area contributed by atoms with E-state index >= 15 is 0 Å². The zero-order chi connectivity index (χ0) is 15.2. The van der Waals surface area contributed by atoms with Crippen LogP contribution in [0.1, 0.15) is 24.8 Å². The van der Waals surface area contributed by atoms with Crippen molar-refractivity contribution in [3.8, 4) is 17.2 Å². The maximum absolute atomic E-state index is 9.84. The minimum atomic E-state index is -0.162. The summed E-state index contributed by atoms with van der Waals surface area (Å²) in [5.74, 6) is 2.32. The van der Waals surface area contributed by atoms with Crippen molar-refractivity contribution in [3.05, 3.63) is 17.7 Å².